The number of aromatic nitrogens is 2. The number of amides is 2. The number of ether oxygens (including phenoxy) is 1. The van der Waals surface area contributed by atoms with E-state index in [9.17, 15) is 34.6 Å². The van der Waals surface area contributed by atoms with Crippen molar-refractivity contribution in [2.45, 2.75) is 6.61 Å². The van der Waals surface area contributed by atoms with Crippen LogP contribution in [0.4, 0.5) is 11.4 Å². The lowest BCUT2D eigenvalue weighted by atomic mass is 10.1. The molecule has 0 saturated carbocycles. The third-order valence-electron chi connectivity index (χ3n) is 4.61. The molecule has 14 nitrogen and oxygen atoms in total. The Bertz CT molecular complexity index is 1320. The molecular weight excluding hydrogens is 442 g/mol. The number of carbonyl (C=O) groups is 3. The van der Waals surface area contributed by atoms with Gasteiger partial charge in [-0.15, -0.1) is 10.2 Å². The van der Waals surface area contributed by atoms with Crippen molar-refractivity contribution in [1.29, 1.82) is 0 Å². The lowest BCUT2D eigenvalue weighted by Crippen LogP contribution is -2.35. The number of benzene rings is 2. The van der Waals surface area contributed by atoms with Gasteiger partial charge in [-0.2, -0.15) is 0 Å². The van der Waals surface area contributed by atoms with E-state index < -0.39 is 46.5 Å². The molecule has 3 aromatic rings. The molecule has 14 heteroatoms. The van der Waals surface area contributed by atoms with E-state index in [-0.39, 0.29) is 28.6 Å². The van der Waals surface area contributed by atoms with Gasteiger partial charge >= 0.3 is 5.97 Å². The average Bonchev–Trinajstić information content (AvgIpc) is 3.37. The lowest BCUT2D eigenvalue weighted by Gasteiger charge is -2.12. The van der Waals surface area contributed by atoms with Crippen LogP contribution in [0.1, 0.15) is 26.6 Å². The van der Waals surface area contributed by atoms with Gasteiger partial charge in [-0.05, 0) is 18.2 Å². The third-order valence-corrected chi connectivity index (χ3v) is 4.61. The Balaban J connectivity index is 1.39. The predicted octanol–water partition coefficient (Wildman–Crippen LogP) is 1.89. The summed E-state index contributed by atoms with van der Waals surface area (Å²) in [7, 11) is 0. The van der Waals surface area contributed by atoms with Crippen LogP contribution in [0, 0.1) is 20.2 Å². The molecule has 0 saturated heterocycles. The molecule has 0 unspecified atom stereocenters. The molecule has 0 fully saturated rings. The Labute approximate surface area is 182 Å². The number of non-ortho nitro benzene ring substituents is 1. The second-order valence-electron chi connectivity index (χ2n) is 6.62. The maximum absolute atomic E-state index is 12.5. The summed E-state index contributed by atoms with van der Waals surface area (Å²) < 4.78 is 10.3. The summed E-state index contributed by atoms with van der Waals surface area (Å²) in [4.78, 5) is 58.1. The zero-order valence-electron chi connectivity index (χ0n) is 16.4. The van der Waals surface area contributed by atoms with Crippen LogP contribution in [0.3, 0.4) is 0 Å². The number of nitro groups is 2. The van der Waals surface area contributed by atoms with Gasteiger partial charge in [0.2, 0.25) is 5.89 Å². The van der Waals surface area contributed by atoms with Crippen LogP contribution in [0.25, 0.3) is 11.5 Å². The van der Waals surface area contributed by atoms with Crippen LogP contribution < -0.4 is 0 Å². The van der Waals surface area contributed by atoms with Crippen molar-refractivity contribution >= 4 is 29.2 Å². The van der Waals surface area contributed by atoms with Crippen molar-refractivity contribution < 1.29 is 33.4 Å². The van der Waals surface area contributed by atoms with Gasteiger partial charge < -0.3 is 9.15 Å². The number of fused-ring (bicyclic) bond motifs is 1. The molecular formula is C19H11N5O9. The first-order valence-corrected chi connectivity index (χ1v) is 9.12. The highest BCUT2D eigenvalue weighted by atomic mass is 16.6. The second kappa shape index (κ2) is 8.26. The van der Waals surface area contributed by atoms with Crippen LogP contribution in [0.5, 0.6) is 0 Å². The van der Waals surface area contributed by atoms with E-state index in [1.54, 1.807) is 0 Å². The average molecular weight is 453 g/mol. The molecule has 4 rings (SSSR count). The van der Waals surface area contributed by atoms with Gasteiger partial charge in [0.15, 0.2) is 6.61 Å². The molecule has 0 aliphatic carbocycles. The van der Waals surface area contributed by atoms with E-state index in [2.05, 4.69) is 10.2 Å². The SMILES string of the molecule is O=C(CN1C(=O)c2cccc([N+](=O)[O-])c2C1=O)OCc1nnc(-c2ccc([N+](=O)[O-])cc2)o1. The number of rotatable bonds is 7. The fraction of sp³-hybridized carbons (Fsp3) is 0.105. The van der Waals surface area contributed by atoms with Gasteiger partial charge in [-0.3, -0.25) is 39.5 Å². The molecule has 2 heterocycles. The minimum Gasteiger partial charge on any atom is -0.454 e. The van der Waals surface area contributed by atoms with Gasteiger partial charge in [0, 0.05) is 23.8 Å². The van der Waals surface area contributed by atoms with Crippen molar-refractivity contribution in [3.63, 3.8) is 0 Å². The highest BCUT2D eigenvalue weighted by molar-refractivity contribution is 6.24. The maximum atomic E-state index is 12.5. The number of esters is 1. The molecule has 0 radical (unpaired) electrons. The highest BCUT2D eigenvalue weighted by Crippen LogP contribution is 2.30. The molecule has 33 heavy (non-hydrogen) atoms. The predicted molar refractivity (Wildman–Crippen MR) is 105 cm³/mol. The zero-order valence-corrected chi connectivity index (χ0v) is 16.4. The summed E-state index contributed by atoms with van der Waals surface area (Å²) in [5.74, 6) is -2.88. The molecule has 1 aliphatic heterocycles. The summed E-state index contributed by atoms with van der Waals surface area (Å²) in [6.07, 6.45) is 0. The van der Waals surface area contributed by atoms with Gasteiger partial charge in [0.25, 0.3) is 29.1 Å². The number of imide groups is 1. The highest BCUT2D eigenvalue weighted by Gasteiger charge is 2.41. The summed E-state index contributed by atoms with van der Waals surface area (Å²) >= 11 is 0. The van der Waals surface area contributed by atoms with Crippen LogP contribution in [-0.2, 0) is 16.1 Å². The van der Waals surface area contributed by atoms with Crippen LogP contribution in [0.15, 0.2) is 46.9 Å². The summed E-state index contributed by atoms with van der Waals surface area (Å²) in [5, 5.41) is 29.3. The number of hydrogen-bond acceptors (Lipinski definition) is 11. The Morgan fingerprint density at radius 1 is 1.00 bits per heavy atom. The van der Waals surface area contributed by atoms with E-state index in [1.807, 2.05) is 0 Å². The first-order chi connectivity index (χ1) is 15.8. The van der Waals surface area contributed by atoms with Gasteiger partial charge in [0.1, 0.15) is 12.1 Å². The van der Waals surface area contributed by atoms with E-state index >= 15 is 0 Å². The van der Waals surface area contributed by atoms with Crippen molar-refractivity contribution in [3.8, 4) is 11.5 Å². The molecule has 166 valence electrons. The van der Waals surface area contributed by atoms with Gasteiger partial charge in [-0.25, -0.2) is 0 Å². The number of carbonyl (C=O) groups excluding carboxylic acids is 3. The van der Waals surface area contributed by atoms with E-state index in [4.69, 9.17) is 9.15 Å². The summed E-state index contributed by atoms with van der Waals surface area (Å²) in [6.45, 7) is -1.24. The molecule has 0 atom stereocenters. The molecule has 0 bridgehead atoms. The Hall–Kier alpha value is -5.01. The third kappa shape index (κ3) is 3.99. The van der Waals surface area contributed by atoms with Gasteiger partial charge in [0.05, 0.1) is 15.4 Å². The van der Waals surface area contributed by atoms with E-state index in [0.29, 0.717) is 10.5 Å². The zero-order chi connectivity index (χ0) is 23.7. The standard InChI is InChI=1S/C19H11N5O9/c25-15(8-22-18(26)12-2-1-3-13(24(30)31)16(12)19(22)27)32-9-14-20-21-17(33-14)10-4-6-11(7-5-10)23(28)29/h1-7H,8-9H2. The first-order valence-electron chi connectivity index (χ1n) is 9.12. The smallest absolute Gasteiger partial charge is 0.326 e. The minimum atomic E-state index is -0.984. The minimum absolute atomic E-state index is 0.0311. The molecule has 1 aliphatic rings. The van der Waals surface area contributed by atoms with Crippen LogP contribution in [0.2, 0.25) is 0 Å². The summed E-state index contributed by atoms with van der Waals surface area (Å²) in [6, 6.07) is 8.93. The monoisotopic (exact) mass is 453 g/mol. The maximum Gasteiger partial charge on any atom is 0.326 e. The van der Waals surface area contributed by atoms with Crippen molar-refractivity contribution in [1.82, 2.24) is 15.1 Å². The molecule has 0 N–H and O–H groups in total. The second-order valence-corrected chi connectivity index (χ2v) is 6.62. The number of hydrogen-bond donors (Lipinski definition) is 0. The molecule has 0 spiro atoms. The Morgan fingerprint density at radius 2 is 1.73 bits per heavy atom. The summed E-state index contributed by atoms with van der Waals surface area (Å²) in [5.41, 5.74) is -0.813. The molecule has 2 amide bonds. The quantitative estimate of drug-likeness (QED) is 0.220. The first kappa shape index (κ1) is 21.2. The number of nitro benzene ring substituents is 2. The topological polar surface area (TPSA) is 189 Å². The normalized spacial score (nSPS) is 12.5. The van der Waals surface area contributed by atoms with E-state index in [0.717, 1.165) is 6.07 Å². The fourth-order valence-corrected chi connectivity index (χ4v) is 3.08. The Morgan fingerprint density at radius 3 is 2.39 bits per heavy atom. The largest absolute Gasteiger partial charge is 0.454 e. The van der Waals surface area contributed by atoms with Crippen LogP contribution >= 0.6 is 0 Å². The lowest BCUT2D eigenvalue weighted by molar-refractivity contribution is -0.385. The number of nitrogens with zero attached hydrogens (tertiary/aromatic N) is 5. The van der Waals surface area contributed by atoms with Crippen molar-refractivity contribution in [3.05, 3.63) is 79.7 Å². The van der Waals surface area contributed by atoms with Gasteiger partial charge in [-0.1, -0.05) is 6.07 Å². The van der Waals surface area contributed by atoms with E-state index in [1.165, 1.54) is 36.4 Å². The molecule has 1 aromatic heterocycles. The van der Waals surface area contributed by atoms with Crippen molar-refractivity contribution in [2.75, 3.05) is 6.54 Å². The Kier molecular flexibility index (Phi) is 5.31. The molecule has 2 aromatic carbocycles. The van der Waals surface area contributed by atoms with Crippen LogP contribution in [-0.4, -0.2) is 49.3 Å². The fourth-order valence-electron chi connectivity index (χ4n) is 3.08. The van der Waals surface area contributed by atoms with Crippen molar-refractivity contribution in [2.24, 2.45) is 0 Å².